The van der Waals surface area contributed by atoms with Gasteiger partial charge in [-0.15, -0.1) is 0 Å². The Kier molecular flexibility index (Phi) is 30.4. The molecule has 0 fully saturated rings. The number of nitrogens with two attached hydrogens (primary N) is 2. The smallest absolute Gasteiger partial charge is 0.243 e. The Morgan fingerprint density at radius 1 is 1.33 bits per heavy atom. The summed E-state index contributed by atoms with van der Waals surface area (Å²) in [5, 5.41) is 0. The van der Waals surface area contributed by atoms with Gasteiger partial charge in [0.15, 0.2) is 0 Å². The van der Waals surface area contributed by atoms with Gasteiger partial charge in [-0.1, -0.05) is 13.5 Å². The van der Waals surface area contributed by atoms with Crippen molar-refractivity contribution in [2.24, 2.45) is 11.5 Å². The molecule has 0 aromatic heterocycles. The first-order valence-electron chi connectivity index (χ1n) is 4.71. The average molecular weight is 240 g/mol. The van der Waals surface area contributed by atoms with Gasteiger partial charge in [0.2, 0.25) is 5.91 Å². The molecule has 0 saturated carbocycles. The summed E-state index contributed by atoms with van der Waals surface area (Å²) >= 11 is 0. The number of hydrogen-bond donors (Lipinski definition) is 3. The first kappa shape index (κ1) is 23.9. The topological polar surface area (TPSA) is 73.5 Å². The lowest BCUT2D eigenvalue weighted by Crippen LogP contribution is -3.02. The summed E-state index contributed by atoms with van der Waals surface area (Å²) in [7, 11) is 6.25. The van der Waals surface area contributed by atoms with E-state index in [-0.39, 0.29) is 12.4 Å². The summed E-state index contributed by atoms with van der Waals surface area (Å²) in [6.45, 7) is 7.73. The van der Waals surface area contributed by atoms with Gasteiger partial charge >= 0.3 is 0 Å². The second-order valence-corrected chi connectivity index (χ2v) is 3.43. The molecule has 5 heteroatoms. The van der Waals surface area contributed by atoms with E-state index in [1.54, 1.807) is 6.92 Å². The monoisotopic (exact) mass is 239 g/mol. The number of halogens is 1. The molecule has 0 saturated heterocycles. The lowest BCUT2D eigenvalue weighted by molar-refractivity contribution is -0.836. The molecule has 0 spiro atoms. The summed E-state index contributed by atoms with van der Waals surface area (Å²) in [5.41, 5.74) is 10.1. The molecule has 0 aliphatic carbocycles. The molecule has 5 N–H and O–H groups in total. The van der Waals surface area contributed by atoms with Crippen molar-refractivity contribution in [2.75, 3.05) is 27.7 Å². The predicted molar refractivity (Wildman–Crippen MR) is 62.1 cm³/mol. The van der Waals surface area contributed by atoms with Crippen LogP contribution < -0.4 is 28.8 Å². The Morgan fingerprint density at radius 3 is 1.47 bits per heavy atom. The zero-order chi connectivity index (χ0) is 12.1. The first-order valence-corrected chi connectivity index (χ1v) is 4.71. The van der Waals surface area contributed by atoms with Crippen LogP contribution in [0.5, 0.6) is 0 Å². The van der Waals surface area contributed by atoms with Crippen LogP contribution in [0, 0.1) is 0 Å². The number of hydrogen-bond acceptors (Lipinski definition) is 2. The number of carbonyl (C=O) groups is 1. The van der Waals surface area contributed by atoms with Gasteiger partial charge in [0.1, 0.15) is 0 Å². The van der Waals surface area contributed by atoms with Crippen LogP contribution in [0.2, 0.25) is 0 Å². The molecule has 0 rings (SSSR count). The molecule has 0 unspecified atom stereocenters. The molecule has 1 amide bonds. The van der Waals surface area contributed by atoms with Crippen LogP contribution in [0.4, 0.5) is 0 Å². The number of quaternary nitrogens is 1. The molecule has 94 valence electrons. The summed E-state index contributed by atoms with van der Waals surface area (Å²) in [4.78, 5) is 11.2. The molecule has 0 atom stereocenters. The highest BCUT2D eigenvalue weighted by Crippen LogP contribution is 1.78. The molecule has 0 aliphatic heterocycles. The van der Waals surface area contributed by atoms with Crippen LogP contribution >= 0.6 is 0 Å². The maximum Gasteiger partial charge on any atom is 0.243 e. The van der Waals surface area contributed by atoms with Gasteiger partial charge in [-0.3, -0.25) is 4.79 Å². The van der Waals surface area contributed by atoms with Gasteiger partial charge in [0.25, 0.3) is 0 Å². The van der Waals surface area contributed by atoms with E-state index in [9.17, 15) is 4.79 Å². The van der Waals surface area contributed by atoms with E-state index in [2.05, 4.69) is 34.6 Å². The normalized spacial score (nSPS) is 7.40. The highest BCUT2D eigenvalue weighted by Gasteiger charge is 1.86. The molecule has 0 heterocycles. The van der Waals surface area contributed by atoms with Crippen LogP contribution in [-0.2, 0) is 4.79 Å². The maximum absolute atomic E-state index is 9.82. The zero-order valence-corrected chi connectivity index (χ0v) is 11.3. The Hall–Kier alpha value is -0.580. The SMILES string of the molecule is C=C(C)C(N)=O.CCCN.C[NH+](C)C.[Cl-]. The van der Waals surface area contributed by atoms with Crippen molar-refractivity contribution in [1.29, 1.82) is 0 Å². The second kappa shape index (κ2) is 19.1. The zero-order valence-electron chi connectivity index (χ0n) is 10.6. The minimum atomic E-state index is -0.435. The largest absolute Gasteiger partial charge is 1.00 e. The number of rotatable bonds is 2. The Balaban J connectivity index is -0.0000000606. The molecular formula is C10H26ClN3O. The lowest BCUT2D eigenvalue weighted by atomic mass is 10.3. The van der Waals surface area contributed by atoms with Crippen molar-refractivity contribution < 1.29 is 22.1 Å². The third kappa shape index (κ3) is 89.6. The molecule has 0 aromatic rings. The van der Waals surface area contributed by atoms with Crippen molar-refractivity contribution in [2.45, 2.75) is 20.3 Å². The minimum absolute atomic E-state index is 0. The van der Waals surface area contributed by atoms with Crippen LogP contribution in [-0.4, -0.2) is 33.6 Å². The maximum atomic E-state index is 9.82. The van der Waals surface area contributed by atoms with E-state index in [4.69, 9.17) is 11.5 Å². The molecule has 4 nitrogen and oxygen atoms in total. The van der Waals surface area contributed by atoms with E-state index < -0.39 is 5.91 Å². The highest BCUT2D eigenvalue weighted by molar-refractivity contribution is 5.90. The first-order chi connectivity index (χ1) is 6.29. The summed E-state index contributed by atoms with van der Waals surface area (Å²) < 4.78 is 0. The van der Waals surface area contributed by atoms with Crippen LogP contribution in [0.3, 0.4) is 0 Å². The van der Waals surface area contributed by atoms with Gasteiger partial charge in [-0.05, 0) is 19.9 Å². The van der Waals surface area contributed by atoms with Crippen molar-refractivity contribution in [3.63, 3.8) is 0 Å². The predicted octanol–water partition coefficient (Wildman–Crippen LogP) is -3.83. The average Bonchev–Trinajstić information content (AvgIpc) is 2.03. The Morgan fingerprint density at radius 2 is 1.47 bits per heavy atom. The van der Waals surface area contributed by atoms with Crippen LogP contribution in [0.25, 0.3) is 0 Å². The number of primary amides is 1. The van der Waals surface area contributed by atoms with Crippen molar-refractivity contribution >= 4 is 5.91 Å². The van der Waals surface area contributed by atoms with Gasteiger partial charge in [-0.2, -0.15) is 0 Å². The third-order valence-corrected chi connectivity index (χ3v) is 0.709. The van der Waals surface area contributed by atoms with E-state index >= 15 is 0 Å². The number of nitrogens with one attached hydrogen (secondary N) is 1. The minimum Gasteiger partial charge on any atom is -1.00 e. The number of amides is 1. The van der Waals surface area contributed by atoms with E-state index in [1.165, 1.54) is 4.90 Å². The molecule has 0 aliphatic rings. The Bertz CT molecular complexity index is 133. The fourth-order valence-corrected chi connectivity index (χ4v) is 0. The van der Waals surface area contributed by atoms with Gasteiger partial charge < -0.3 is 28.8 Å². The molecular weight excluding hydrogens is 214 g/mol. The molecule has 0 bridgehead atoms. The van der Waals surface area contributed by atoms with E-state index in [0.29, 0.717) is 5.57 Å². The molecule has 15 heavy (non-hydrogen) atoms. The third-order valence-electron chi connectivity index (χ3n) is 0.709. The van der Waals surface area contributed by atoms with E-state index in [1.807, 2.05) is 0 Å². The number of carbonyl (C=O) groups excluding carboxylic acids is 1. The van der Waals surface area contributed by atoms with Gasteiger partial charge in [0, 0.05) is 5.57 Å². The second-order valence-electron chi connectivity index (χ2n) is 3.43. The fourth-order valence-electron chi connectivity index (χ4n) is 0. The lowest BCUT2D eigenvalue weighted by Gasteiger charge is -1.88. The van der Waals surface area contributed by atoms with Gasteiger partial charge in [0.05, 0.1) is 21.1 Å². The van der Waals surface area contributed by atoms with Crippen molar-refractivity contribution in [3.05, 3.63) is 12.2 Å². The van der Waals surface area contributed by atoms with Crippen LogP contribution in [0.15, 0.2) is 12.2 Å². The van der Waals surface area contributed by atoms with Crippen molar-refractivity contribution in [1.82, 2.24) is 0 Å². The standard InChI is InChI=1S/C4H7NO.2C3H9N.ClH/c1-3(2)4(5)6;1-4(2)3;1-2-3-4;/h1H2,2H3,(H2,5,6);1-3H3;2-4H2,1H3;1H. The summed E-state index contributed by atoms with van der Waals surface area (Å²) in [5.74, 6) is -0.435. The van der Waals surface area contributed by atoms with Crippen LogP contribution in [0.1, 0.15) is 20.3 Å². The Labute approximate surface area is 100 Å². The molecule has 0 radical (unpaired) electrons. The van der Waals surface area contributed by atoms with Crippen molar-refractivity contribution in [3.8, 4) is 0 Å². The highest BCUT2D eigenvalue weighted by atomic mass is 35.5. The summed E-state index contributed by atoms with van der Waals surface area (Å²) in [6.07, 6.45) is 1.10. The fraction of sp³-hybridized carbons (Fsp3) is 0.700. The molecule has 0 aromatic carbocycles. The quantitative estimate of drug-likeness (QED) is 0.432. The van der Waals surface area contributed by atoms with Gasteiger partial charge in [-0.25, -0.2) is 0 Å². The summed E-state index contributed by atoms with van der Waals surface area (Å²) in [6, 6.07) is 0. The van der Waals surface area contributed by atoms with E-state index in [0.717, 1.165) is 13.0 Å².